The van der Waals surface area contributed by atoms with E-state index < -0.39 is 0 Å². The fourth-order valence-electron chi connectivity index (χ4n) is 0.951. The van der Waals surface area contributed by atoms with Crippen LogP contribution >= 0.6 is 0 Å². The predicted octanol–water partition coefficient (Wildman–Crippen LogP) is 4.95. The van der Waals surface area contributed by atoms with Gasteiger partial charge in [0.25, 0.3) is 0 Å². The number of aliphatic hydroxyl groups is 1. The molecule has 0 fully saturated rings. The highest BCUT2D eigenvalue weighted by Crippen LogP contribution is 2.13. The summed E-state index contributed by atoms with van der Waals surface area (Å²) in [7, 11) is 1.00. The molecule has 0 bridgehead atoms. The zero-order chi connectivity index (χ0) is 14.8. The van der Waals surface area contributed by atoms with Crippen LogP contribution in [0.1, 0.15) is 51.7 Å². The van der Waals surface area contributed by atoms with Crippen molar-refractivity contribution in [2.45, 2.75) is 47.5 Å². The fourth-order valence-corrected chi connectivity index (χ4v) is 0.951. The first-order valence-corrected chi connectivity index (χ1v) is 6.41. The monoisotopic (exact) mass is 250 g/mol. The molecule has 1 nitrogen and oxygen atoms in total. The van der Waals surface area contributed by atoms with Crippen LogP contribution < -0.4 is 0 Å². The molecule has 0 aliphatic heterocycles. The van der Waals surface area contributed by atoms with Gasteiger partial charge in [-0.1, -0.05) is 70.5 Å². The molecule has 1 aromatic rings. The molecule has 0 unspecified atom stereocenters. The van der Waals surface area contributed by atoms with Crippen molar-refractivity contribution < 1.29 is 5.11 Å². The normalized spacial score (nSPS) is 9.83. The van der Waals surface area contributed by atoms with Crippen molar-refractivity contribution in [3.63, 3.8) is 0 Å². The molecule has 104 valence electrons. The Morgan fingerprint density at radius 2 is 1.39 bits per heavy atom. The highest BCUT2D eigenvalue weighted by atomic mass is 16.2. The van der Waals surface area contributed by atoms with Gasteiger partial charge in [0.1, 0.15) is 0 Å². The van der Waals surface area contributed by atoms with Crippen molar-refractivity contribution in [2.24, 2.45) is 5.41 Å². The number of benzene rings is 1. The molecule has 0 saturated heterocycles. The number of rotatable bonds is 1. The molecule has 0 saturated carbocycles. The van der Waals surface area contributed by atoms with E-state index in [9.17, 15) is 0 Å². The Hall–Kier alpha value is -1.08. The Morgan fingerprint density at radius 1 is 1.06 bits per heavy atom. The first kappa shape index (κ1) is 19.3. The molecule has 1 rings (SSSR count). The van der Waals surface area contributed by atoms with E-state index in [1.165, 1.54) is 11.1 Å². The summed E-state index contributed by atoms with van der Waals surface area (Å²) in [6.07, 6.45) is 1.94. The van der Waals surface area contributed by atoms with Gasteiger partial charge in [-0.3, -0.25) is 0 Å². The van der Waals surface area contributed by atoms with E-state index in [1.54, 1.807) is 0 Å². The molecule has 0 aliphatic carbocycles. The van der Waals surface area contributed by atoms with Crippen molar-refractivity contribution in [3.05, 3.63) is 48.0 Å². The lowest BCUT2D eigenvalue weighted by molar-refractivity contribution is 0.399. The van der Waals surface area contributed by atoms with Gasteiger partial charge in [-0.2, -0.15) is 0 Å². The van der Waals surface area contributed by atoms with Gasteiger partial charge in [0.2, 0.25) is 0 Å². The van der Waals surface area contributed by atoms with Crippen LogP contribution in [-0.2, 0) is 0 Å². The smallest absolute Gasteiger partial charge is 0.0319 e. The molecule has 0 heterocycles. The van der Waals surface area contributed by atoms with Gasteiger partial charge in [-0.25, -0.2) is 0 Å². The number of hydrogen-bond donors (Lipinski definition) is 1. The number of aryl methyl sites for hydroxylation is 1. The van der Waals surface area contributed by atoms with Gasteiger partial charge in [0.05, 0.1) is 0 Å². The van der Waals surface area contributed by atoms with Crippen molar-refractivity contribution >= 4 is 0 Å². The first-order valence-electron chi connectivity index (χ1n) is 6.41. The van der Waals surface area contributed by atoms with E-state index in [4.69, 9.17) is 5.11 Å². The van der Waals surface area contributed by atoms with Gasteiger partial charge in [0.15, 0.2) is 0 Å². The maximum Gasteiger partial charge on any atom is 0.0319 e. The second-order valence-electron chi connectivity index (χ2n) is 5.64. The quantitative estimate of drug-likeness (QED) is 0.699. The zero-order valence-corrected chi connectivity index (χ0v) is 13.1. The minimum absolute atomic E-state index is 0.306. The summed E-state index contributed by atoms with van der Waals surface area (Å²) in [4.78, 5) is 0. The van der Waals surface area contributed by atoms with Crippen LogP contribution in [0.5, 0.6) is 0 Å². The highest BCUT2D eigenvalue weighted by Gasteiger charge is 1.99. The summed E-state index contributed by atoms with van der Waals surface area (Å²) in [6.45, 7) is 16.5. The standard InChI is InChI=1S/C10H14.C6H12.CH4O/c1-8(2)10-6-4-9(3)5-7-10;1-5-6(2,3)4;1-2/h4-8H,1-3H3;5H,1H2,2-4H3;2H,1H3. The van der Waals surface area contributed by atoms with E-state index in [0.29, 0.717) is 11.3 Å². The average Bonchev–Trinajstić information content (AvgIpc) is 2.32. The molecule has 0 amide bonds. The summed E-state index contributed by atoms with van der Waals surface area (Å²) < 4.78 is 0. The zero-order valence-electron chi connectivity index (χ0n) is 13.1. The van der Waals surface area contributed by atoms with Crippen molar-refractivity contribution in [2.75, 3.05) is 7.11 Å². The molecular formula is C17H30O. The minimum Gasteiger partial charge on any atom is -0.400 e. The molecule has 1 N–H and O–H groups in total. The minimum atomic E-state index is 0.306. The predicted molar refractivity (Wildman–Crippen MR) is 83.1 cm³/mol. The lowest BCUT2D eigenvalue weighted by atomic mass is 9.98. The Labute approximate surface area is 114 Å². The lowest BCUT2D eigenvalue weighted by Crippen LogP contribution is -1.96. The average molecular weight is 250 g/mol. The van der Waals surface area contributed by atoms with Crippen LogP contribution in [0, 0.1) is 12.3 Å². The third-order valence-electron chi connectivity index (χ3n) is 2.36. The Morgan fingerprint density at radius 3 is 1.61 bits per heavy atom. The summed E-state index contributed by atoms with van der Waals surface area (Å²) >= 11 is 0. The third-order valence-corrected chi connectivity index (χ3v) is 2.36. The van der Waals surface area contributed by atoms with Crippen LogP contribution in [0.2, 0.25) is 0 Å². The topological polar surface area (TPSA) is 20.2 Å². The lowest BCUT2D eigenvalue weighted by Gasteiger charge is -2.08. The summed E-state index contributed by atoms with van der Waals surface area (Å²) in [6, 6.07) is 8.71. The molecule has 0 atom stereocenters. The maximum absolute atomic E-state index is 7.00. The Balaban J connectivity index is 0. The molecule has 1 heteroatoms. The molecule has 0 aliphatic rings. The number of hydrogen-bond acceptors (Lipinski definition) is 1. The van der Waals surface area contributed by atoms with Gasteiger partial charge in [-0.15, -0.1) is 6.58 Å². The van der Waals surface area contributed by atoms with Crippen LogP contribution in [0.3, 0.4) is 0 Å². The third kappa shape index (κ3) is 11.4. The largest absolute Gasteiger partial charge is 0.400 e. The van der Waals surface area contributed by atoms with E-state index in [1.807, 2.05) is 6.08 Å². The van der Waals surface area contributed by atoms with Gasteiger partial charge in [-0.05, 0) is 23.8 Å². The van der Waals surface area contributed by atoms with E-state index in [-0.39, 0.29) is 0 Å². The highest BCUT2D eigenvalue weighted by molar-refractivity contribution is 5.23. The second kappa shape index (κ2) is 9.90. The summed E-state index contributed by atoms with van der Waals surface area (Å²) in [5.74, 6) is 0.653. The van der Waals surface area contributed by atoms with Crippen LogP contribution in [0.4, 0.5) is 0 Å². The van der Waals surface area contributed by atoms with Crippen LogP contribution in [0.15, 0.2) is 36.9 Å². The number of aliphatic hydroxyl groups excluding tert-OH is 1. The summed E-state index contributed by atoms with van der Waals surface area (Å²) in [5.41, 5.74) is 3.06. The Kier molecular flexibility index (Phi) is 10.6. The van der Waals surface area contributed by atoms with Crippen molar-refractivity contribution in [3.8, 4) is 0 Å². The van der Waals surface area contributed by atoms with E-state index in [0.717, 1.165) is 7.11 Å². The molecule has 0 radical (unpaired) electrons. The van der Waals surface area contributed by atoms with Gasteiger partial charge >= 0.3 is 0 Å². The molecule has 1 aromatic carbocycles. The van der Waals surface area contributed by atoms with Crippen LogP contribution in [0.25, 0.3) is 0 Å². The second-order valence-corrected chi connectivity index (χ2v) is 5.64. The van der Waals surface area contributed by atoms with Crippen LogP contribution in [-0.4, -0.2) is 12.2 Å². The molecule has 18 heavy (non-hydrogen) atoms. The fraction of sp³-hybridized carbons (Fsp3) is 0.529. The van der Waals surface area contributed by atoms with Gasteiger partial charge in [0, 0.05) is 7.11 Å². The maximum atomic E-state index is 7.00. The van der Waals surface area contributed by atoms with Crippen molar-refractivity contribution in [1.29, 1.82) is 0 Å². The summed E-state index contributed by atoms with van der Waals surface area (Å²) in [5, 5.41) is 7.00. The van der Waals surface area contributed by atoms with E-state index >= 15 is 0 Å². The van der Waals surface area contributed by atoms with Gasteiger partial charge < -0.3 is 5.11 Å². The molecule has 0 spiro atoms. The number of allylic oxidation sites excluding steroid dienone is 1. The van der Waals surface area contributed by atoms with E-state index in [2.05, 4.69) is 72.4 Å². The first-order chi connectivity index (χ1) is 8.26. The van der Waals surface area contributed by atoms with Crippen molar-refractivity contribution in [1.82, 2.24) is 0 Å². The molecule has 0 aromatic heterocycles. The Bertz CT molecular complexity index is 301. The molecular weight excluding hydrogens is 220 g/mol. The SMILES string of the molecule is C=CC(C)(C)C.CO.Cc1ccc(C(C)C)cc1.